The third-order valence-corrected chi connectivity index (χ3v) is 9.93. The predicted octanol–water partition coefficient (Wildman–Crippen LogP) is 5.91. The van der Waals surface area contributed by atoms with Crippen molar-refractivity contribution in [3.8, 4) is 0 Å². The zero-order chi connectivity index (χ0) is 14.3. The van der Waals surface area contributed by atoms with Gasteiger partial charge in [-0.15, -0.1) is 0 Å². The van der Waals surface area contributed by atoms with Crippen LogP contribution in [0.3, 0.4) is 0 Å². The summed E-state index contributed by atoms with van der Waals surface area (Å²) >= 11 is 0. The van der Waals surface area contributed by atoms with Gasteiger partial charge in [0.15, 0.2) is 0 Å². The molecule has 0 aliphatic heterocycles. The molecule has 0 radical (unpaired) electrons. The van der Waals surface area contributed by atoms with Crippen LogP contribution in [0.15, 0.2) is 0 Å². The van der Waals surface area contributed by atoms with Gasteiger partial charge in [-0.25, -0.2) is 0 Å². The Morgan fingerprint density at radius 3 is 1.18 bits per heavy atom. The summed E-state index contributed by atoms with van der Waals surface area (Å²) in [6.07, 6.45) is 19.5. The molecule has 0 N–H and O–H groups in total. The standard InChI is InChI=1S/C22H34/c1-3-13-7-9-18-12-16-6-2-4-14-8-10-17-11-15(5-1)19(13)21(18)22(17)20(14)16/h13-22H,1-12H2. The maximum absolute atomic E-state index is 1.67. The van der Waals surface area contributed by atoms with E-state index in [4.69, 9.17) is 0 Å². The van der Waals surface area contributed by atoms with Crippen LogP contribution >= 0.6 is 0 Å². The second kappa shape index (κ2) is 4.76. The minimum absolute atomic E-state index is 1.17. The van der Waals surface area contributed by atoms with Gasteiger partial charge in [-0.2, -0.15) is 0 Å². The molecule has 0 aromatic rings. The summed E-state index contributed by atoms with van der Waals surface area (Å²) in [7, 11) is 0. The molecule has 0 nitrogen and oxygen atoms in total. The molecule has 0 saturated heterocycles. The Balaban J connectivity index is 1.43. The van der Waals surface area contributed by atoms with Crippen LogP contribution in [0.5, 0.6) is 0 Å². The van der Waals surface area contributed by atoms with Gasteiger partial charge in [-0.1, -0.05) is 38.5 Å². The quantitative estimate of drug-likeness (QED) is 0.521. The normalized spacial score (nSPS) is 62.2. The van der Waals surface area contributed by atoms with Gasteiger partial charge in [0.2, 0.25) is 0 Å². The third kappa shape index (κ3) is 1.66. The Kier molecular flexibility index (Phi) is 2.88. The molecule has 10 atom stereocenters. The number of hydrogen-bond donors (Lipinski definition) is 0. The molecular formula is C22H34. The monoisotopic (exact) mass is 298 g/mol. The fourth-order valence-electron chi connectivity index (χ4n) is 9.64. The zero-order valence-corrected chi connectivity index (χ0v) is 14.3. The number of rotatable bonds is 0. The van der Waals surface area contributed by atoms with Crippen molar-refractivity contribution in [2.45, 2.75) is 77.0 Å². The van der Waals surface area contributed by atoms with Crippen molar-refractivity contribution < 1.29 is 0 Å². The molecule has 0 aromatic heterocycles. The van der Waals surface area contributed by atoms with E-state index in [9.17, 15) is 0 Å². The molecule has 6 aliphatic carbocycles. The summed E-state index contributed by atoms with van der Waals surface area (Å²) in [6, 6.07) is 0. The van der Waals surface area contributed by atoms with Gasteiger partial charge in [0.05, 0.1) is 0 Å². The first-order valence-corrected chi connectivity index (χ1v) is 10.9. The third-order valence-electron chi connectivity index (χ3n) is 9.93. The van der Waals surface area contributed by atoms with Gasteiger partial charge >= 0.3 is 0 Å². The first-order valence-electron chi connectivity index (χ1n) is 10.9. The molecule has 0 bridgehead atoms. The first-order chi connectivity index (χ1) is 10.9. The molecule has 10 unspecified atom stereocenters. The van der Waals surface area contributed by atoms with E-state index in [1.54, 1.807) is 77.0 Å². The van der Waals surface area contributed by atoms with E-state index in [1.165, 1.54) is 59.2 Å². The molecule has 22 heavy (non-hydrogen) atoms. The van der Waals surface area contributed by atoms with Crippen molar-refractivity contribution in [1.29, 1.82) is 0 Å². The van der Waals surface area contributed by atoms with E-state index in [0.717, 1.165) is 0 Å². The van der Waals surface area contributed by atoms with Gasteiger partial charge < -0.3 is 0 Å². The largest absolute Gasteiger partial charge is 0.0528 e. The highest BCUT2D eigenvalue weighted by molar-refractivity contribution is 5.09. The molecule has 6 fully saturated rings. The minimum Gasteiger partial charge on any atom is -0.0528 e. The van der Waals surface area contributed by atoms with Crippen molar-refractivity contribution in [2.24, 2.45) is 59.2 Å². The molecule has 0 aromatic carbocycles. The summed E-state index contributed by atoms with van der Waals surface area (Å²) in [4.78, 5) is 0. The second-order valence-electron chi connectivity index (χ2n) is 10.4. The predicted molar refractivity (Wildman–Crippen MR) is 90.3 cm³/mol. The lowest BCUT2D eigenvalue weighted by Crippen LogP contribution is -2.59. The van der Waals surface area contributed by atoms with Crippen LogP contribution in [-0.4, -0.2) is 0 Å². The average molecular weight is 299 g/mol. The first kappa shape index (κ1) is 13.3. The van der Waals surface area contributed by atoms with E-state index in [1.807, 2.05) is 0 Å². The second-order valence-corrected chi connectivity index (χ2v) is 10.4. The topological polar surface area (TPSA) is 0 Å². The summed E-state index contributed by atoms with van der Waals surface area (Å²) in [6.45, 7) is 0. The van der Waals surface area contributed by atoms with Crippen LogP contribution in [0.2, 0.25) is 0 Å². The highest BCUT2D eigenvalue weighted by atomic mass is 14.7. The summed E-state index contributed by atoms with van der Waals surface area (Å²) in [5.41, 5.74) is 0. The highest BCUT2D eigenvalue weighted by Gasteiger charge is 2.60. The van der Waals surface area contributed by atoms with Crippen LogP contribution in [-0.2, 0) is 0 Å². The highest BCUT2D eigenvalue weighted by Crippen LogP contribution is 2.68. The smallest absolute Gasteiger partial charge is 0.0318 e. The van der Waals surface area contributed by atoms with Crippen molar-refractivity contribution in [2.75, 3.05) is 0 Å². The number of hydrogen-bond acceptors (Lipinski definition) is 0. The van der Waals surface area contributed by atoms with Crippen LogP contribution < -0.4 is 0 Å². The molecule has 6 saturated carbocycles. The molecule has 122 valence electrons. The summed E-state index contributed by atoms with van der Waals surface area (Å²) in [5, 5.41) is 0. The van der Waals surface area contributed by atoms with Crippen LogP contribution in [0, 0.1) is 59.2 Å². The molecule has 6 aliphatic rings. The van der Waals surface area contributed by atoms with Crippen LogP contribution in [0.1, 0.15) is 77.0 Å². The summed E-state index contributed by atoms with van der Waals surface area (Å²) in [5.74, 6) is 11.9. The average Bonchev–Trinajstić information content (AvgIpc) is 2.57. The van der Waals surface area contributed by atoms with Gasteiger partial charge in [0.1, 0.15) is 0 Å². The van der Waals surface area contributed by atoms with Gasteiger partial charge in [-0.05, 0) is 97.7 Å². The van der Waals surface area contributed by atoms with Crippen molar-refractivity contribution in [3.05, 3.63) is 0 Å². The maximum Gasteiger partial charge on any atom is -0.0318 e. The molecule has 0 heterocycles. The van der Waals surface area contributed by atoms with Gasteiger partial charge in [0.25, 0.3) is 0 Å². The van der Waals surface area contributed by atoms with Crippen molar-refractivity contribution in [3.63, 3.8) is 0 Å². The van der Waals surface area contributed by atoms with E-state index in [-0.39, 0.29) is 0 Å². The van der Waals surface area contributed by atoms with Gasteiger partial charge in [-0.3, -0.25) is 0 Å². The Hall–Kier alpha value is 0. The van der Waals surface area contributed by atoms with Crippen molar-refractivity contribution in [1.82, 2.24) is 0 Å². The molecular weight excluding hydrogens is 264 g/mol. The molecule has 0 amide bonds. The maximum atomic E-state index is 1.67. The van der Waals surface area contributed by atoms with Gasteiger partial charge in [0, 0.05) is 0 Å². The van der Waals surface area contributed by atoms with Crippen LogP contribution in [0.25, 0.3) is 0 Å². The Morgan fingerprint density at radius 1 is 0.318 bits per heavy atom. The van der Waals surface area contributed by atoms with E-state index < -0.39 is 0 Å². The SMILES string of the molecule is C1CC2CCC3CC4CCCC5CCC6CC(C1)C2C3C6C54. The Labute approximate surface area is 136 Å². The molecule has 0 spiro atoms. The molecule has 0 heteroatoms. The van der Waals surface area contributed by atoms with E-state index in [2.05, 4.69) is 0 Å². The van der Waals surface area contributed by atoms with Crippen molar-refractivity contribution >= 4 is 0 Å². The Bertz CT molecular complexity index is 411. The fourth-order valence-corrected chi connectivity index (χ4v) is 9.64. The fraction of sp³-hybridized carbons (Fsp3) is 1.00. The molecule has 6 rings (SSSR count). The van der Waals surface area contributed by atoms with Crippen LogP contribution in [0.4, 0.5) is 0 Å². The lowest BCUT2D eigenvalue weighted by molar-refractivity contribution is -0.176. The lowest BCUT2D eigenvalue weighted by Gasteiger charge is -2.66. The van der Waals surface area contributed by atoms with E-state index >= 15 is 0 Å². The van der Waals surface area contributed by atoms with E-state index in [0.29, 0.717) is 0 Å². The Morgan fingerprint density at radius 2 is 0.682 bits per heavy atom. The summed E-state index contributed by atoms with van der Waals surface area (Å²) < 4.78 is 0. The minimum atomic E-state index is 1.17. The zero-order valence-electron chi connectivity index (χ0n) is 14.3. The lowest BCUT2D eigenvalue weighted by atomic mass is 9.39.